The Morgan fingerprint density at radius 2 is 1.50 bits per heavy atom. The van der Waals surface area contributed by atoms with Crippen molar-refractivity contribution in [2.24, 2.45) is 0 Å². The minimum atomic E-state index is -0.383. The van der Waals surface area contributed by atoms with Gasteiger partial charge in [0.25, 0.3) is 5.56 Å². The number of carbonyl (C=O) groups is 3. The summed E-state index contributed by atoms with van der Waals surface area (Å²) in [5.74, 6) is -0.0889. The van der Waals surface area contributed by atoms with Gasteiger partial charge in [0.2, 0.25) is 11.8 Å². The number of benzene rings is 3. The molecule has 9 heteroatoms. The number of amides is 2. The minimum absolute atomic E-state index is 0.0199. The second-order valence-corrected chi connectivity index (χ2v) is 8.84. The lowest BCUT2D eigenvalue weighted by Gasteiger charge is -2.17. The number of pyridine rings is 1. The molecule has 1 heterocycles. The third-order valence-corrected chi connectivity index (χ3v) is 6.49. The van der Waals surface area contributed by atoms with Crippen LogP contribution in [0, 0.1) is 0 Å². The lowest BCUT2D eigenvalue weighted by molar-refractivity contribution is -0.116. The maximum Gasteiger partial charge on any atom is 0.262 e. The van der Waals surface area contributed by atoms with Crippen molar-refractivity contribution in [1.82, 2.24) is 4.57 Å². The Morgan fingerprint density at radius 3 is 2.13 bits per heavy atom. The number of rotatable bonds is 7. The van der Waals surface area contributed by atoms with Gasteiger partial charge in [-0.1, -0.05) is 24.3 Å². The van der Waals surface area contributed by atoms with E-state index in [2.05, 4.69) is 10.6 Å². The highest BCUT2D eigenvalue weighted by Gasteiger charge is 2.33. The monoisotopic (exact) mass is 511 g/mol. The lowest BCUT2D eigenvalue weighted by Crippen LogP contribution is -2.26. The third kappa shape index (κ3) is 4.17. The first-order valence-electron chi connectivity index (χ1n) is 12.0. The summed E-state index contributed by atoms with van der Waals surface area (Å²) in [4.78, 5) is 51.5. The molecule has 38 heavy (non-hydrogen) atoms. The van der Waals surface area contributed by atoms with Crippen LogP contribution in [0.3, 0.4) is 0 Å². The van der Waals surface area contributed by atoms with Crippen molar-refractivity contribution in [3.8, 4) is 22.8 Å². The normalized spacial score (nSPS) is 11.6. The van der Waals surface area contributed by atoms with Crippen LogP contribution in [0.5, 0.6) is 11.5 Å². The Bertz CT molecular complexity index is 1670. The predicted octanol–water partition coefficient (Wildman–Crippen LogP) is 4.22. The molecule has 0 fully saturated rings. The number of methoxy groups -OCH3 is 2. The van der Waals surface area contributed by atoms with Crippen LogP contribution in [0.25, 0.3) is 22.0 Å². The van der Waals surface area contributed by atoms with Crippen LogP contribution in [0.1, 0.15) is 29.3 Å². The maximum absolute atomic E-state index is 13.9. The molecule has 3 aromatic carbocycles. The number of aromatic nitrogens is 1. The zero-order valence-electron chi connectivity index (χ0n) is 21.1. The Kier molecular flexibility index (Phi) is 6.42. The average Bonchev–Trinajstić information content (AvgIpc) is 3.21. The zero-order valence-corrected chi connectivity index (χ0v) is 21.1. The van der Waals surface area contributed by atoms with Gasteiger partial charge < -0.3 is 24.7 Å². The number of fused-ring (bicyclic) bond motifs is 5. The molecule has 0 spiro atoms. The van der Waals surface area contributed by atoms with E-state index in [0.29, 0.717) is 44.9 Å². The molecular formula is C29H25N3O6. The number of anilines is 2. The van der Waals surface area contributed by atoms with Gasteiger partial charge in [0.05, 0.1) is 30.9 Å². The van der Waals surface area contributed by atoms with Crippen molar-refractivity contribution < 1.29 is 23.9 Å². The van der Waals surface area contributed by atoms with Crippen LogP contribution in [0.2, 0.25) is 0 Å². The van der Waals surface area contributed by atoms with E-state index >= 15 is 0 Å². The van der Waals surface area contributed by atoms with Crippen molar-refractivity contribution in [3.63, 3.8) is 0 Å². The maximum atomic E-state index is 13.9. The highest BCUT2D eigenvalue weighted by molar-refractivity contribution is 6.27. The lowest BCUT2D eigenvalue weighted by atomic mass is 10.0. The minimum Gasteiger partial charge on any atom is -0.493 e. The molecule has 4 aromatic rings. The molecule has 0 aliphatic heterocycles. The fourth-order valence-corrected chi connectivity index (χ4v) is 4.87. The molecule has 2 N–H and O–H groups in total. The van der Waals surface area contributed by atoms with Crippen molar-refractivity contribution in [2.75, 3.05) is 24.9 Å². The van der Waals surface area contributed by atoms with Gasteiger partial charge in [-0.2, -0.15) is 0 Å². The van der Waals surface area contributed by atoms with Gasteiger partial charge in [-0.3, -0.25) is 19.2 Å². The van der Waals surface area contributed by atoms with E-state index in [1.165, 1.54) is 25.7 Å². The van der Waals surface area contributed by atoms with Crippen LogP contribution < -0.4 is 25.7 Å². The van der Waals surface area contributed by atoms with E-state index in [1.807, 2.05) is 6.07 Å². The number of hydrogen-bond acceptors (Lipinski definition) is 6. The van der Waals surface area contributed by atoms with Gasteiger partial charge in [-0.05, 0) is 36.4 Å². The van der Waals surface area contributed by atoms with Gasteiger partial charge in [0.1, 0.15) is 0 Å². The number of ketones is 1. The van der Waals surface area contributed by atoms with Crippen molar-refractivity contribution in [2.45, 2.75) is 19.9 Å². The van der Waals surface area contributed by atoms with E-state index in [-0.39, 0.29) is 47.3 Å². The van der Waals surface area contributed by atoms with Crippen LogP contribution >= 0.6 is 0 Å². The molecule has 9 nitrogen and oxygen atoms in total. The third-order valence-electron chi connectivity index (χ3n) is 6.49. The van der Waals surface area contributed by atoms with Crippen LogP contribution in [-0.2, 0) is 16.1 Å². The molecule has 0 saturated carbocycles. The Labute approximate surface area is 218 Å². The molecule has 192 valence electrons. The van der Waals surface area contributed by atoms with Crippen LogP contribution in [0.15, 0.2) is 65.5 Å². The largest absolute Gasteiger partial charge is 0.493 e. The van der Waals surface area contributed by atoms with Crippen molar-refractivity contribution >= 4 is 39.7 Å². The second-order valence-electron chi connectivity index (χ2n) is 8.84. The summed E-state index contributed by atoms with van der Waals surface area (Å²) in [6.07, 6.45) is -0.0199. The molecule has 0 unspecified atom stereocenters. The standard InChI is InChI=1S/C29H25N3O6/c1-16(33)30-17-8-10-18(11-9-17)31-23(34)14-15-32-26-19-6-4-5-7-20(19)27(35)24(26)21-12-13-22(37-2)28(38-3)25(21)29(32)36/h4-13H,14-15H2,1-3H3,(H,30,33)(H,31,34). The molecule has 2 amide bonds. The predicted molar refractivity (Wildman–Crippen MR) is 144 cm³/mol. The van der Waals surface area contributed by atoms with E-state index in [4.69, 9.17) is 9.47 Å². The van der Waals surface area contributed by atoms with Gasteiger partial charge in [-0.25, -0.2) is 0 Å². The smallest absolute Gasteiger partial charge is 0.262 e. The fraction of sp³-hybridized carbons (Fsp3) is 0.172. The molecule has 1 aliphatic rings. The van der Waals surface area contributed by atoms with Gasteiger partial charge >= 0.3 is 0 Å². The molecular weight excluding hydrogens is 486 g/mol. The molecule has 5 rings (SSSR count). The summed E-state index contributed by atoms with van der Waals surface area (Å²) in [7, 11) is 2.92. The summed E-state index contributed by atoms with van der Waals surface area (Å²) >= 11 is 0. The fourth-order valence-electron chi connectivity index (χ4n) is 4.87. The molecule has 1 aromatic heterocycles. The summed E-state index contributed by atoms with van der Waals surface area (Å²) < 4.78 is 12.4. The first-order chi connectivity index (χ1) is 18.3. The van der Waals surface area contributed by atoms with E-state index in [9.17, 15) is 19.2 Å². The van der Waals surface area contributed by atoms with E-state index < -0.39 is 0 Å². The highest BCUT2D eigenvalue weighted by Crippen LogP contribution is 2.43. The van der Waals surface area contributed by atoms with Crippen molar-refractivity contribution in [3.05, 3.63) is 82.1 Å². The Hall–Kier alpha value is -4.92. The van der Waals surface area contributed by atoms with E-state index in [0.717, 1.165) is 0 Å². The van der Waals surface area contributed by atoms with Gasteiger partial charge in [-0.15, -0.1) is 0 Å². The summed E-state index contributed by atoms with van der Waals surface area (Å²) in [5, 5.41) is 6.18. The molecule has 0 bridgehead atoms. The first-order valence-corrected chi connectivity index (χ1v) is 12.0. The summed E-state index contributed by atoms with van der Waals surface area (Å²) in [6.45, 7) is 1.45. The SMILES string of the molecule is COc1ccc2c3c(n(CCC(=O)Nc4ccc(NC(C)=O)cc4)c(=O)c2c1OC)-c1ccccc1C3=O. The Balaban J connectivity index is 1.54. The quantitative estimate of drug-likeness (QED) is 0.338. The molecule has 1 aliphatic carbocycles. The Morgan fingerprint density at radius 1 is 0.842 bits per heavy atom. The first kappa shape index (κ1) is 24.8. The number of nitrogens with zero attached hydrogens (tertiary/aromatic N) is 1. The highest BCUT2D eigenvalue weighted by atomic mass is 16.5. The number of ether oxygens (including phenoxy) is 2. The second kappa shape index (κ2) is 9.85. The number of carbonyl (C=O) groups excluding carboxylic acids is 3. The summed E-state index contributed by atoms with van der Waals surface area (Å²) in [5.41, 5.74) is 2.82. The van der Waals surface area contributed by atoms with Gasteiger partial charge in [0.15, 0.2) is 17.3 Å². The molecule has 0 atom stereocenters. The van der Waals surface area contributed by atoms with Crippen LogP contribution in [-0.4, -0.2) is 36.4 Å². The zero-order chi connectivity index (χ0) is 27.0. The molecule has 0 radical (unpaired) electrons. The average molecular weight is 512 g/mol. The number of hydrogen-bond donors (Lipinski definition) is 2. The topological polar surface area (TPSA) is 116 Å². The number of nitrogens with one attached hydrogen (secondary N) is 2. The molecule has 0 saturated heterocycles. The van der Waals surface area contributed by atoms with Crippen LogP contribution in [0.4, 0.5) is 11.4 Å². The van der Waals surface area contributed by atoms with E-state index in [1.54, 1.807) is 54.6 Å². The van der Waals surface area contributed by atoms with Gasteiger partial charge in [0, 0.05) is 47.8 Å². The van der Waals surface area contributed by atoms with Crippen molar-refractivity contribution in [1.29, 1.82) is 0 Å². The summed E-state index contributed by atoms with van der Waals surface area (Å²) in [6, 6.07) is 17.2.